The van der Waals surface area contributed by atoms with Crippen LogP contribution in [0.1, 0.15) is 24.6 Å². The van der Waals surface area contributed by atoms with Gasteiger partial charge in [0.1, 0.15) is 11.6 Å². The molecule has 6 heteroatoms. The third-order valence-corrected chi connectivity index (χ3v) is 5.24. The maximum absolute atomic E-state index is 13.1. The third kappa shape index (κ3) is 3.90. The quantitative estimate of drug-likeness (QED) is 0.864. The number of furan rings is 1. The van der Waals surface area contributed by atoms with Crippen LogP contribution in [0.4, 0.5) is 10.1 Å². The first-order valence-corrected chi connectivity index (χ1v) is 9.26. The first kappa shape index (κ1) is 17.1. The zero-order valence-corrected chi connectivity index (χ0v) is 14.7. The molecule has 0 spiro atoms. The van der Waals surface area contributed by atoms with Gasteiger partial charge in [-0.15, -0.1) is 0 Å². The van der Waals surface area contributed by atoms with Gasteiger partial charge in [0.15, 0.2) is 0 Å². The minimum absolute atomic E-state index is 0.0445. The Balaban J connectivity index is 1.38. The van der Waals surface area contributed by atoms with Crippen molar-refractivity contribution >= 4 is 11.6 Å². The second-order valence-electron chi connectivity index (χ2n) is 7.05. The molecule has 26 heavy (non-hydrogen) atoms. The predicted octanol–water partition coefficient (Wildman–Crippen LogP) is 2.81. The lowest BCUT2D eigenvalue weighted by Crippen LogP contribution is -2.50. The molecule has 1 aliphatic carbocycles. The van der Waals surface area contributed by atoms with Gasteiger partial charge in [0, 0.05) is 44.3 Å². The van der Waals surface area contributed by atoms with Crippen LogP contribution in [0.2, 0.25) is 0 Å². The summed E-state index contributed by atoms with van der Waals surface area (Å²) < 4.78 is 18.8. The Hall–Kier alpha value is -2.34. The SMILES string of the molecule is O=C(NC[C@@H](c1ccco1)N1CCN(c2ccc(F)cc2)CC1)C1CC1. The van der Waals surface area contributed by atoms with Crippen molar-refractivity contribution in [2.45, 2.75) is 18.9 Å². The van der Waals surface area contributed by atoms with E-state index in [9.17, 15) is 9.18 Å². The van der Waals surface area contributed by atoms with Gasteiger partial charge in [-0.05, 0) is 49.2 Å². The van der Waals surface area contributed by atoms with Crippen molar-refractivity contribution < 1.29 is 13.6 Å². The molecule has 1 aliphatic heterocycles. The van der Waals surface area contributed by atoms with E-state index in [1.165, 1.54) is 12.1 Å². The van der Waals surface area contributed by atoms with Crippen LogP contribution in [0, 0.1) is 11.7 Å². The first-order valence-electron chi connectivity index (χ1n) is 9.26. The molecule has 1 N–H and O–H groups in total. The van der Waals surface area contributed by atoms with Gasteiger partial charge in [0.2, 0.25) is 5.91 Å². The smallest absolute Gasteiger partial charge is 0.223 e. The number of benzene rings is 1. The minimum atomic E-state index is -0.211. The van der Waals surface area contributed by atoms with Crippen molar-refractivity contribution in [1.82, 2.24) is 10.2 Å². The van der Waals surface area contributed by atoms with E-state index in [4.69, 9.17) is 4.42 Å². The normalized spacial score (nSPS) is 19.3. The molecule has 2 aliphatic rings. The number of hydrogen-bond donors (Lipinski definition) is 1. The summed E-state index contributed by atoms with van der Waals surface area (Å²) in [5.74, 6) is 1.04. The number of hydrogen-bond acceptors (Lipinski definition) is 4. The molecule has 2 fully saturated rings. The molecule has 0 bridgehead atoms. The van der Waals surface area contributed by atoms with Crippen LogP contribution in [0.5, 0.6) is 0 Å². The van der Waals surface area contributed by atoms with Crippen molar-refractivity contribution in [3.63, 3.8) is 0 Å². The number of halogens is 1. The maximum Gasteiger partial charge on any atom is 0.223 e. The molecule has 0 unspecified atom stereocenters. The molecule has 1 saturated heterocycles. The molecule has 2 heterocycles. The number of carbonyl (C=O) groups is 1. The van der Waals surface area contributed by atoms with Gasteiger partial charge < -0.3 is 14.6 Å². The second kappa shape index (κ2) is 7.50. The van der Waals surface area contributed by atoms with Crippen LogP contribution < -0.4 is 10.2 Å². The molecule has 5 nitrogen and oxygen atoms in total. The highest BCUT2D eigenvalue weighted by molar-refractivity contribution is 5.80. The minimum Gasteiger partial charge on any atom is -0.468 e. The number of piperazine rings is 1. The van der Waals surface area contributed by atoms with Gasteiger partial charge in [-0.2, -0.15) is 0 Å². The number of anilines is 1. The number of nitrogens with zero attached hydrogens (tertiary/aromatic N) is 2. The van der Waals surface area contributed by atoms with Gasteiger partial charge in [-0.3, -0.25) is 9.69 Å². The van der Waals surface area contributed by atoms with E-state index >= 15 is 0 Å². The number of nitrogens with one attached hydrogen (secondary N) is 1. The fourth-order valence-electron chi connectivity index (χ4n) is 3.52. The summed E-state index contributed by atoms with van der Waals surface area (Å²) in [7, 11) is 0. The van der Waals surface area contributed by atoms with Crippen LogP contribution >= 0.6 is 0 Å². The largest absolute Gasteiger partial charge is 0.468 e. The Morgan fingerprint density at radius 1 is 1.15 bits per heavy atom. The molecule has 1 amide bonds. The van der Waals surface area contributed by atoms with E-state index in [0.29, 0.717) is 6.54 Å². The van der Waals surface area contributed by atoms with Crippen molar-refractivity contribution in [2.75, 3.05) is 37.6 Å². The predicted molar refractivity (Wildman–Crippen MR) is 97.4 cm³/mol. The van der Waals surface area contributed by atoms with Crippen LogP contribution in [-0.2, 0) is 4.79 Å². The van der Waals surface area contributed by atoms with Gasteiger partial charge in [0.25, 0.3) is 0 Å². The first-order chi connectivity index (χ1) is 12.7. The van der Waals surface area contributed by atoms with Crippen molar-refractivity contribution in [1.29, 1.82) is 0 Å². The Morgan fingerprint density at radius 3 is 2.50 bits per heavy atom. The summed E-state index contributed by atoms with van der Waals surface area (Å²) >= 11 is 0. The topological polar surface area (TPSA) is 48.7 Å². The zero-order valence-electron chi connectivity index (χ0n) is 14.7. The standard InChI is InChI=1S/C20H24FN3O2/c21-16-5-7-17(8-6-16)23-9-11-24(12-10-23)18(19-2-1-13-26-19)14-22-20(25)15-3-4-15/h1-2,5-8,13,15,18H,3-4,9-12,14H2,(H,22,25)/t18-/m0/s1. The highest BCUT2D eigenvalue weighted by Crippen LogP contribution is 2.29. The van der Waals surface area contributed by atoms with Crippen molar-refractivity contribution in [3.05, 3.63) is 54.2 Å². The third-order valence-electron chi connectivity index (χ3n) is 5.24. The Morgan fingerprint density at radius 2 is 1.88 bits per heavy atom. The summed E-state index contributed by atoms with van der Waals surface area (Å²) in [5.41, 5.74) is 1.04. The Bertz CT molecular complexity index is 720. The fourth-order valence-corrected chi connectivity index (χ4v) is 3.52. The van der Waals surface area contributed by atoms with E-state index in [-0.39, 0.29) is 23.7 Å². The second-order valence-corrected chi connectivity index (χ2v) is 7.05. The lowest BCUT2D eigenvalue weighted by atomic mass is 10.1. The molecule has 1 aromatic heterocycles. The highest BCUT2D eigenvalue weighted by Gasteiger charge is 2.32. The molecule has 1 aromatic carbocycles. The van der Waals surface area contributed by atoms with E-state index in [2.05, 4.69) is 15.1 Å². The summed E-state index contributed by atoms with van der Waals surface area (Å²) in [4.78, 5) is 16.6. The van der Waals surface area contributed by atoms with Gasteiger partial charge in [-0.25, -0.2) is 4.39 Å². The zero-order chi connectivity index (χ0) is 17.9. The number of carbonyl (C=O) groups excluding carboxylic acids is 1. The van der Waals surface area contributed by atoms with Crippen LogP contribution in [0.25, 0.3) is 0 Å². The lowest BCUT2D eigenvalue weighted by Gasteiger charge is -2.39. The molecule has 0 radical (unpaired) electrons. The monoisotopic (exact) mass is 357 g/mol. The van der Waals surface area contributed by atoms with E-state index in [1.807, 2.05) is 24.3 Å². The van der Waals surface area contributed by atoms with E-state index in [0.717, 1.165) is 50.5 Å². The molecule has 1 atom stereocenters. The van der Waals surface area contributed by atoms with E-state index in [1.54, 1.807) is 6.26 Å². The van der Waals surface area contributed by atoms with Gasteiger partial charge in [0.05, 0.1) is 12.3 Å². The summed E-state index contributed by atoms with van der Waals surface area (Å²) in [5, 5.41) is 3.08. The molecule has 1 saturated carbocycles. The Labute approximate surface area is 152 Å². The average Bonchev–Trinajstić information content (AvgIpc) is 3.39. The average molecular weight is 357 g/mol. The van der Waals surface area contributed by atoms with Crippen LogP contribution in [0.15, 0.2) is 47.1 Å². The molecular formula is C20H24FN3O2. The number of amides is 1. The molecule has 4 rings (SSSR count). The van der Waals surface area contributed by atoms with Crippen LogP contribution in [0.3, 0.4) is 0 Å². The lowest BCUT2D eigenvalue weighted by molar-refractivity contribution is -0.122. The maximum atomic E-state index is 13.1. The van der Waals surface area contributed by atoms with Crippen molar-refractivity contribution in [3.8, 4) is 0 Å². The summed E-state index contributed by atoms with van der Waals surface area (Å²) in [6.45, 7) is 4.02. The number of rotatable bonds is 6. The van der Waals surface area contributed by atoms with Gasteiger partial charge >= 0.3 is 0 Å². The van der Waals surface area contributed by atoms with Crippen molar-refractivity contribution in [2.24, 2.45) is 5.92 Å². The molecule has 138 valence electrons. The summed E-state index contributed by atoms with van der Waals surface area (Å²) in [6.07, 6.45) is 3.70. The van der Waals surface area contributed by atoms with Gasteiger partial charge in [-0.1, -0.05) is 0 Å². The molecular weight excluding hydrogens is 333 g/mol. The molecule has 2 aromatic rings. The highest BCUT2D eigenvalue weighted by atomic mass is 19.1. The van der Waals surface area contributed by atoms with E-state index < -0.39 is 0 Å². The fraction of sp³-hybridized carbons (Fsp3) is 0.450. The Kier molecular flexibility index (Phi) is 4.93. The summed E-state index contributed by atoms with van der Waals surface area (Å²) in [6, 6.07) is 10.6. The van der Waals surface area contributed by atoms with Crippen LogP contribution in [-0.4, -0.2) is 43.5 Å².